The van der Waals surface area contributed by atoms with Gasteiger partial charge in [0.05, 0.1) is 11.4 Å². The number of carbonyl (C=O) groups is 1. The molecular formula is C14H16N2O2S. The summed E-state index contributed by atoms with van der Waals surface area (Å²) in [6.07, 6.45) is 0. The van der Waals surface area contributed by atoms with Crippen LogP contribution < -0.4 is 15.8 Å². The highest BCUT2D eigenvalue weighted by molar-refractivity contribution is 7.12. The molecule has 100 valence electrons. The highest BCUT2D eigenvalue weighted by atomic mass is 32.1. The van der Waals surface area contributed by atoms with E-state index in [0.717, 1.165) is 16.2 Å². The van der Waals surface area contributed by atoms with Gasteiger partial charge in [-0.3, -0.25) is 4.79 Å². The average molecular weight is 276 g/mol. The van der Waals surface area contributed by atoms with E-state index in [4.69, 9.17) is 10.5 Å². The van der Waals surface area contributed by atoms with E-state index in [2.05, 4.69) is 5.32 Å². The van der Waals surface area contributed by atoms with E-state index >= 15 is 0 Å². The second-order valence-corrected chi connectivity index (χ2v) is 5.02. The summed E-state index contributed by atoms with van der Waals surface area (Å²) in [5, 5.41) is 4.74. The fourth-order valence-corrected chi connectivity index (χ4v) is 2.42. The topological polar surface area (TPSA) is 64.3 Å². The summed E-state index contributed by atoms with van der Waals surface area (Å²) in [4.78, 5) is 12.6. The molecule has 0 spiro atoms. The fourth-order valence-electron chi connectivity index (χ4n) is 1.58. The minimum atomic E-state index is -0.0478. The van der Waals surface area contributed by atoms with Crippen LogP contribution in [0.3, 0.4) is 0 Å². The van der Waals surface area contributed by atoms with Gasteiger partial charge in [0.2, 0.25) is 0 Å². The van der Waals surface area contributed by atoms with Gasteiger partial charge in [-0.1, -0.05) is 0 Å². The second-order valence-electron chi connectivity index (χ2n) is 4.11. The van der Waals surface area contributed by atoms with Gasteiger partial charge >= 0.3 is 0 Å². The van der Waals surface area contributed by atoms with E-state index in [1.54, 1.807) is 24.3 Å². The molecule has 0 aliphatic rings. The van der Waals surface area contributed by atoms with Crippen LogP contribution in [0.25, 0.3) is 0 Å². The van der Waals surface area contributed by atoms with Gasteiger partial charge in [0.15, 0.2) is 0 Å². The third-order valence-corrected chi connectivity index (χ3v) is 3.62. The van der Waals surface area contributed by atoms with Crippen LogP contribution in [0.2, 0.25) is 0 Å². The maximum atomic E-state index is 11.8. The number of thiophene rings is 1. The number of anilines is 1. The normalized spacial score (nSPS) is 10.2. The Balaban J connectivity index is 1.74. The molecular weight excluding hydrogens is 260 g/mol. The van der Waals surface area contributed by atoms with Gasteiger partial charge in [-0.2, -0.15) is 0 Å². The quantitative estimate of drug-likeness (QED) is 0.651. The summed E-state index contributed by atoms with van der Waals surface area (Å²) in [5.74, 6) is 0.698. The summed E-state index contributed by atoms with van der Waals surface area (Å²) < 4.78 is 5.49. The summed E-state index contributed by atoms with van der Waals surface area (Å²) in [5.41, 5.74) is 7.28. The number of ether oxygens (including phenoxy) is 1. The molecule has 3 N–H and O–H groups in total. The lowest BCUT2D eigenvalue weighted by Crippen LogP contribution is -2.27. The molecule has 0 aliphatic carbocycles. The maximum Gasteiger partial charge on any atom is 0.261 e. The molecule has 4 nitrogen and oxygen atoms in total. The van der Waals surface area contributed by atoms with Crippen LogP contribution >= 0.6 is 11.3 Å². The van der Waals surface area contributed by atoms with Gasteiger partial charge in [0.25, 0.3) is 5.91 Å². The molecule has 0 unspecified atom stereocenters. The largest absolute Gasteiger partial charge is 0.492 e. The number of nitrogens with one attached hydrogen (secondary N) is 1. The molecule has 5 heteroatoms. The van der Waals surface area contributed by atoms with E-state index in [9.17, 15) is 4.79 Å². The smallest absolute Gasteiger partial charge is 0.261 e. The number of hydrogen-bond donors (Lipinski definition) is 2. The highest BCUT2D eigenvalue weighted by Crippen LogP contribution is 2.15. The van der Waals surface area contributed by atoms with Crippen molar-refractivity contribution >= 4 is 22.9 Å². The van der Waals surface area contributed by atoms with Crippen molar-refractivity contribution in [1.29, 1.82) is 0 Å². The van der Waals surface area contributed by atoms with Crippen molar-refractivity contribution in [2.45, 2.75) is 6.92 Å². The number of nitrogens with two attached hydrogens (primary N) is 1. The minimum absolute atomic E-state index is 0.0478. The zero-order valence-electron chi connectivity index (χ0n) is 10.7. The predicted molar refractivity (Wildman–Crippen MR) is 77.7 cm³/mol. The van der Waals surface area contributed by atoms with Crippen molar-refractivity contribution in [3.8, 4) is 5.75 Å². The van der Waals surface area contributed by atoms with E-state index in [-0.39, 0.29) is 5.91 Å². The minimum Gasteiger partial charge on any atom is -0.492 e. The van der Waals surface area contributed by atoms with Crippen LogP contribution in [-0.2, 0) is 0 Å². The first-order valence-electron chi connectivity index (χ1n) is 5.97. The number of aryl methyl sites for hydroxylation is 1. The summed E-state index contributed by atoms with van der Waals surface area (Å²) >= 11 is 1.45. The molecule has 1 heterocycles. The van der Waals surface area contributed by atoms with Crippen molar-refractivity contribution in [1.82, 2.24) is 5.32 Å². The van der Waals surface area contributed by atoms with Crippen LogP contribution in [0.5, 0.6) is 5.75 Å². The summed E-state index contributed by atoms with van der Waals surface area (Å²) in [6.45, 7) is 2.83. The highest BCUT2D eigenvalue weighted by Gasteiger charge is 2.09. The molecule has 0 atom stereocenters. The molecule has 0 bridgehead atoms. The zero-order chi connectivity index (χ0) is 13.7. The lowest BCUT2D eigenvalue weighted by molar-refractivity contribution is 0.0950. The Morgan fingerprint density at radius 2 is 2.05 bits per heavy atom. The molecule has 19 heavy (non-hydrogen) atoms. The van der Waals surface area contributed by atoms with Gasteiger partial charge in [-0.05, 0) is 48.2 Å². The molecule has 1 aromatic heterocycles. The number of rotatable bonds is 5. The molecule has 1 aromatic carbocycles. The number of hydrogen-bond acceptors (Lipinski definition) is 4. The first kappa shape index (κ1) is 13.4. The van der Waals surface area contributed by atoms with Crippen molar-refractivity contribution in [3.63, 3.8) is 0 Å². The summed E-state index contributed by atoms with van der Waals surface area (Å²) in [7, 11) is 0. The number of amides is 1. The third-order valence-electron chi connectivity index (χ3n) is 2.60. The van der Waals surface area contributed by atoms with Crippen molar-refractivity contribution in [2.24, 2.45) is 0 Å². The molecule has 0 radical (unpaired) electrons. The molecule has 0 saturated heterocycles. The van der Waals surface area contributed by atoms with Crippen LogP contribution in [0.1, 0.15) is 15.2 Å². The Hall–Kier alpha value is -2.01. The van der Waals surface area contributed by atoms with Gasteiger partial charge < -0.3 is 15.8 Å². The van der Waals surface area contributed by atoms with Gasteiger partial charge in [0.1, 0.15) is 12.4 Å². The molecule has 2 rings (SSSR count). The van der Waals surface area contributed by atoms with E-state index in [1.165, 1.54) is 11.3 Å². The van der Waals surface area contributed by atoms with Gasteiger partial charge in [0, 0.05) is 5.69 Å². The fraction of sp³-hybridized carbons (Fsp3) is 0.214. The number of nitrogen functional groups attached to an aromatic ring is 1. The zero-order valence-corrected chi connectivity index (χ0v) is 11.5. The van der Waals surface area contributed by atoms with Crippen LogP contribution in [0, 0.1) is 6.92 Å². The summed E-state index contributed by atoms with van der Waals surface area (Å²) in [6, 6.07) is 9.11. The Morgan fingerprint density at radius 3 is 2.68 bits per heavy atom. The molecule has 0 fully saturated rings. The van der Waals surface area contributed by atoms with Gasteiger partial charge in [-0.15, -0.1) is 11.3 Å². The SMILES string of the molecule is Cc1ccsc1C(=O)NCCOc1ccc(N)cc1. The average Bonchev–Trinajstić information content (AvgIpc) is 2.83. The van der Waals surface area contributed by atoms with E-state index in [0.29, 0.717) is 18.8 Å². The first-order valence-corrected chi connectivity index (χ1v) is 6.85. The van der Waals surface area contributed by atoms with E-state index in [1.807, 2.05) is 18.4 Å². The monoisotopic (exact) mass is 276 g/mol. The van der Waals surface area contributed by atoms with E-state index < -0.39 is 0 Å². The van der Waals surface area contributed by atoms with Crippen molar-refractivity contribution < 1.29 is 9.53 Å². The second kappa shape index (κ2) is 6.24. The van der Waals surface area contributed by atoms with Crippen molar-refractivity contribution in [2.75, 3.05) is 18.9 Å². The molecule has 1 amide bonds. The van der Waals surface area contributed by atoms with Crippen molar-refractivity contribution in [3.05, 3.63) is 46.2 Å². The molecule has 2 aromatic rings. The third kappa shape index (κ3) is 3.72. The Kier molecular flexibility index (Phi) is 4.41. The Labute approximate surface area is 116 Å². The Bertz CT molecular complexity index is 549. The lowest BCUT2D eigenvalue weighted by atomic mass is 10.3. The maximum absolute atomic E-state index is 11.8. The van der Waals surface area contributed by atoms with Crippen LogP contribution in [0.15, 0.2) is 35.7 Å². The lowest BCUT2D eigenvalue weighted by Gasteiger charge is -2.07. The van der Waals surface area contributed by atoms with Crippen LogP contribution in [0.4, 0.5) is 5.69 Å². The molecule has 0 saturated carbocycles. The Morgan fingerprint density at radius 1 is 1.32 bits per heavy atom. The van der Waals surface area contributed by atoms with Gasteiger partial charge in [-0.25, -0.2) is 0 Å². The van der Waals surface area contributed by atoms with Crippen LogP contribution in [-0.4, -0.2) is 19.1 Å². The standard InChI is InChI=1S/C14H16N2O2S/c1-10-6-9-19-13(10)14(17)16-7-8-18-12-4-2-11(15)3-5-12/h2-6,9H,7-8,15H2,1H3,(H,16,17). The number of carbonyl (C=O) groups excluding carboxylic acids is 1. The molecule has 0 aliphatic heterocycles. The predicted octanol–water partition coefficient (Wildman–Crippen LogP) is 2.45. The first-order chi connectivity index (χ1) is 9.16. The number of benzene rings is 1.